The number of nitrogens with zero attached hydrogens (tertiary/aromatic N) is 1. The Balaban J connectivity index is 1.82. The molecule has 1 amide bonds. The maximum atomic E-state index is 12.4. The molecule has 1 heterocycles. The summed E-state index contributed by atoms with van der Waals surface area (Å²) < 4.78 is 0. The van der Waals surface area contributed by atoms with Gasteiger partial charge in [0.15, 0.2) is 0 Å². The van der Waals surface area contributed by atoms with E-state index in [0.717, 1.165) is 29.7 Å². The fourth-order valence-electron chi connectivity index (χ4n) is 2.89. The Morgan fingerprint density at radius 2 is 1.95 bits per heavy atom. The normalized spacial score (nSPS) is 19.0. The first-order chi connectivity index (χ1) is 10.1. The zero-order valence-electron chi connectivity index (χ0n) is 12.4. The van der Waals surface area contributed by atoms with Gasteiger partial charge in [-0.3, -0.25) is 9.59 Å². The van der Waals surface area contributed by atoms with Gasteiger partial charge in [0.25, 0.3) is 5.91 Å². The molecule has 3 rings (SSSR count). The molecule has 108 valence electrons. The van der Waals surface area contributed by atoms with E-state index in [2.05, 4.69) is 6.08 Å². The number of carbonyl (C=O) groups excluding carboxylic acids is 2. The van der Waals surface area contributed by atoms with E-state index in [0.29, 0.717) is 6.54 Å². The molecule has 1 aliphatic heterocycles. The first kappa shape index (κ1) is 13.8. The van der Waals surface area contributed by atoms with Gasteiger partial charge in [0, 0.05) is 23.7 Å². The molecule has 0 aromatic heterocycles. The number of amides is 1. The fourth-order valence-corrected chi connectivity index (χ4v) is 2.89. The molecule has 3 heteroatoms. The Labute approximate surface area is 125 Å². The number of ketones is 1. The van der Waals surface area contributed by atoms with Crippen LogP contribution in [0.5, 0.6) is 0 Å². The SMILES string of the molecule is CC(=O)C(C)c1ccc(N2CC3=C(C=CCC3)C2=O)cc1. The Morgan fingerprint density at radius 3 is 2.57 bits per heavy atom. The predicted molar refractivity (Wildman–Crippen MR) is 83.3 cm³/mol. The minimum Gasteiger partial charge on any atom is -0.304 e. The zero-order chi connectivity index (χ0) is 15.0. The lowest BCUT2D eigenvalue weighted by Crippen LogP contribution is -2.26. The number of rotatable bonds is 3. The first-order valence-corrected chi connectivity index (χ1v) is 7.39. The summed E-state index contributed by atoms with van der Waals surface area (Å²) in [5.41, 5.74) is 4.00. The van der Waals surface area contributed by atoms with E-state index in [1.807, 2.05) is 42.2 Å². The molecule has 0 bridgehead atoms. The molecule has 1 aromatic carbocycles. The fraction of sp³-hybridized carbons (Fsp3) is 0.333. The summed E-state index contributed by atoms with van der Waals surface area (Å²) in [5.74, 6) is 0.151. The van der Waals surface area contributed by atoms with E-state index in [1.165, 1.54) is 5.57 Å². The van der Waals surface area contributed by atoms with Crippen molar-refractivity contribution in [3.05, 3.63) is 53.1 Å². The van der Waals surface area contributed by atoms with Gasteiger partial charge >= 0.3 is 0 Å². The molecule has 0 saturated heterocycles. The van der Waals surface area contributed by atoms with Crippen LogP contribution < -0.4 is 4.90 Å². The van der Waals surface area contributed by atoms with Gasteiger partial charge in [-0.1, -0.05) is 31.2 Å². The van der Waals surface area contributed by atoms with Crippen LogP contribution in [0.4, 0.5) is 5.69 Å². The third kappa shape index (κ3) is 2.44. The maximum absolute atomic E-state index is 12.4. The van der Waals surface area contributed by atoms with Crippen LogP contribution in [0.25, 0.3) is 0 Å². The summed E-state index contributed by atoms with van der Waals surface area (Å²) in [7, 11) is 0. The highest BCUT2D eigenvalue weighted by Gasteiger charge is 2.30. The standard InChI is InChI=1S/C18H19NO2/c1-12(13(2)20)14-7-9-16(10-8-14)19-11-15-5-3-4-6-17(15)18(19)21/h4,6-10,12H,3,5,11H2,1-2H3. The highest BCUT2D eigenvalue weighted by molar-refractivity contribution is 6.11. The van der Waals surface area contributed by atoms with Gasteiger partial charge < -0.3 is 4.90 Å². The molecular formula is C18H19NO2. The minimum absolute atomic E-state index is 0.0910. The van der Waals surface area contributed by atoms with Crippen LogP contribution in [0.3, 0.4) is 0 Å². The Hall–Kier alpha value is -2.16. The van der Waals surface area contributed by atoms with Crippen molar-refractivity contribution in [2.75, 3.05) is 11.4 Å². The van der Waals surface area contributed by atoms with Crippen LogP contribution in [-0.4, -0.2) is 18.2 Å². The van der Waals surface area contributed by atoms with Gasteiger partial charge in [-0.15, -0.1) is 0 Å². The molecule has 2 aliphatic rings. The van der Waals surface area contributed by atoms with Crippen molar-refractivity contribution in [2.45, 2.75) is 32.6 Å². The molecule has 21 heavy (non-hydrogen) atoms. The number of benzene rings is 1. The van der Waals surface area contributed by atoms with E-state index >= 15 is 0 Å². The van der Waals surface area contributed by atoms with Gasteiger partial charge in [-0.2, -0.15) is 0 Å². The highest BCUT2D eigenvalue weighted by Crippen LogP contribution is 2.32. The Bertz CT molecular complexity index is 652. The van der Waals surface area contributed by atoms with Crippen LogP contribution >= 0.6 is 0 Å². The average Bonchev–Trinajstić information content (AvgIpc) is 2.84. The number of hydrogen-bond donors (Lipinski definition) is 0. The first-order valence-electron chi connectivity index (χ1n) is 7.39. The molecule has 1 unspecified atom stereocenters. The van der Waals surface area contributed by atoms with Crippen molar-refractivity contribution >= 4 is 17.4 Å². The maximum Gasteiger partial charge on any atom is 0.258 e. The lowest BCUT2D eigenvalue weighted by molar-refractivity contribution is -0.118. The van der Waals surface area contributed by atoms with Crippen molar-refractivity contribution in [1.29, 1.82) is 0 Å². The molecule has 0 fully saturated rings. The van der Waals surface area contributed by atoms with E-state index in [4.69, 9.17) is 0 Å². The monoisotopic (exact) mass is 281 g/mol. The van der Waals surface area contributed by atoms with Crippen LogP contribution in [0.15, 0.2) is 47.6 Å². The van der Waals surface area contributed by atoms with E-state index in [1.54, 1.807) is 6.92 Å². The number of allylic oxidation sites excluding steroid dienone is 1. The van der Waals surface area contributed by atoms with Crippen LogP contribution in [0, 0.1) is 0 Å². The third-order valence-corrected chi connectivity index (χ3v) is 4.42. The van der Waals surface area contributed by atoms with Crippen LogP contribution in [0.2, 0.25) is 0 Å². The number of hydrogen-bond acceptors (Lipinski definition) is 2. The summed E-state index contributed by atoms with van der Waals surface area (Å²) in [4.78, 5) is 25.7. The van der Waals surface area contributed by atoms with Gasteiger partial charge in [-0.25, -0.2) is 0 Å². The van der Waals surface area contributed by atoms with Crippen molar-refractivity contribution in [1.82, 2.24) is 0 Å². The predicted octanol–water partition coefficient (Wildman–Crippen LogP) is 3.37. The van der Waals surface area contributed by atoms with Crippen molar-refractivity contribution < 1.29 is 9.59 Å². The summed E-state index contributed by atoms with van der Waals surface area (Å²) in [6.45, 7) is 4.20. The van der Waals surface area contributed by atoms with Gasteiger partial charge in [-0.05, 0) is 43.0 Å². The van der Waals surface area contributed by atoms with Crippen LogP contribution in [0.1, 0.15) is 38.2 Å². The molecular weight excluding hydrogens is 262 g/mol. The minimum atomic E-state index is -0.0948. The van der Waals surface area contributed by atoms with Crippen molar-refractivity contribution in [2.24, 2.45) is 0 Å². The second-order valence-corrected chi connectivity index (χ2v) is 5.77. The number of anilines is 1. The molecule has 1 atom stereocenters. The summed E-state index contributed by atoms with van der Waals surface area (Å²) in [6, 6.07) is 7.77. The largest absolute Gasteiger partial charge is 0.304 e. The van der Waals surface area contributed by atoms with E-state index in [-0.39, 0.29) is 17.6 Å². The molecule has 0 spiro atoms. The number of Topliss-reactive ketones (excluding diaryl/α,β-unsaturated/α-hetero) is 1. The third-order valence-electron chi connectivity index (χ3n) is 4.42. The summed E-state index contributed by atoms with van der Waals surface area (Å²) in [5, 5.41) is 0. The average molecular weight is 281 g/mol. The Morgan fingerprint density at radius 1 is 1.24 bits per heavy atom. The van der Waals surface area contributed by atoms with E-state index in [9.17, 15) is 9.59 Å². The van der Waals surface area contributed by atoms with E-state index < -0.39 is 0 Å². The van der Waals surface area contributed by atoms with Crippen molar-refractivity contribution in [3.8, 4) is 0 Å². The Kier molecular flexibility index (Phi) is 3.50. The number of carbonyl (C=O) groups is 2. The van der Waals surface area contributed by atoms with Gasteiger partial charge in [0.2, 0.25) is 0 Å². The molecule has 0 N–H and O–H groups in total. The van der Waals surface area contributed by atoms with Crippen LogP contribution in [-0.2, 0) is 9.59 Å². The lowest BCUT2D eigenvalue weighted by Gasteiger charge is -2.18. The van der Waals surface area contributed by atoms with Gasteiger partial charge in [0.1, 0.15) is 5.78 Å². The summed E-state index contributed by atoms with van der Waals surface area (Å²) >= 11 is 0. The summed E-state index contributed by atoms with van der Waals surface area (Å²) in [6.07, 6.45) is 6.02. The molecule has 0 radical (unpaired) electrons. The quantitative estimate of drug-likeness (QED) is 0.851. The molecule has 3 nitrogen and oxygen atoms in total. The highest BCUT2D eigenvalue weighted by atomic mass is 16.2. The molecule has 0 saturated carbocycles. The zero-order valence-corrected chi connectivity index (χ0v) is 12.4. The lowest BCUT2D eigenvalue weighted by atomic mass is 9.97. The smallest absolute Gasteiger partial charge is 0.258 e. The van der Waals surface area contributed by atoms with Crippen molar-refractivity contribution in [3.63, 3.8) is 0 Å². The second-order valence-electron chi connectivity index (χ2n) is 5.77. The molecule has 1 aromatic rings. The van der Waals surface area contributed by atoms with Gasteiger partial charge in [0.05, 0.1) is 0 Å². The molecule has 1 aliphatic carbocycles. The second kappa shape index (κ2) is 5.32. The topological polar surface area (TPSA) is 37.4 Å².